The lowest BCUT2D eigenvalue weighted by Gasteiger charge is -2.22. The van der Waals surface area contributed by atoms with Gasteiger partial charge in [0.1, 0.15) is 5.82 Å². The highest BCUT2D eigenvalue weighted by molar-refractivity contribution is 7.91. The van der Waals surface area contributed by atoms with Crippen LogP contribution in [0, 0.1) is 21.3 Å². The topological polar surface area (TPSA) is 115 Å². The molecule has 0 spiro atoms. The van der Waals surface area contributed by atoms with Crippen LogP contribution in [-0.2, 0) is 21.1 Å². The molecule has 1 saturated heterocycles. The van der Waals surface area contributed by atoms with Gasteiger partial charge in [0.25, 0.3) is 5.69 Å². The smallest absolute Gasteiger partial charge is 0.311 e. The van der Waals surface area contributed by atoms with Gasteiger partial charge >= 0.3 is 5.97 Å². The van der Waals surface area contributed by atoms with Crippen LogP contribution in [0.4, 0.5) is 10.1 Å². The highest BCUT2D eigenvalue weighted by Crippen LogP contribution is 2.38. The molecule has 0 aromatic heterocycles. The lowest BCUT2D eigenvalue weighted by atomic mass is 9.81. The molecule has 0 bridgehead atoms. The van der Waals surface area contributed by atoms with E-state index in [-0.39, 0.29) is 17.7 Å². The van der Waals surface area contributed by atoms with Crippen LogP contribution < -0.4 is 0 Å². The normalized spacial score (nSPS) is 23.9. The highest BCUT2D eigenvalue weighted by Gasteiger charge is 2.49. The van der Waals surface area contributed by atoms with E-state index in [9.17, 15) is 32.8 Å². The Morgan fingerprint density at radius 1 is 1.48 bits per heavy atom. The van der Waals surface area contributed by atoms with Gasteiger partial charge in [0.05, 0.1) is 21.8 Å². The number of benzene rings is 1. The molecule has 114 valence electrons. The number of carboxylic acids is 1. The molecule has 1 aromatic carbocycles. The predicted octanol–water partition coefficient (Wildman–Crippen LogP) is 1.17. The first-order valence-electron chi connectivity index (χ1n) is 6.02. The molecule has 1 atom stereocenters. The molecule has 1 fully saturated rings. The van der Waals surface area contributed by atoms with Gasteiger partial charge in [-0.1, -0.05) is 0 Å². The summed E-state index contributed by atoms with van der Waals surface area (Å²) in [4.78, 5) is 21.6. The molecule has 1 aliphatic heterocycles. The van der Waals surface area contributed by atoms with Crippen molar-refractivity contribution in [3.8, 4) is 0 Å². The van der Waals surface area contributed by atoms with Crippen molar-refractivity contribution in [2.24, 2.45) is 5.41 Å². The third kappa shape index (κ3) is 3.02. The maximum Gasteiger partial charge on any atom is 0.311 e. The van der Waals surface area contributed by atoms with Crippen molar-refractivity contribution in [2.75, 3.05) is 11.5 Å². The molecule has 7 nitrogen and oxygen atoms in total. The molecule has 1 heterocycles. The molecule has 1 N–H and O–H groups in total. The summed E-state index contributed by atoms with van der Waals surface area (Å²) in [5.74, 6) is -2.97. The van der Waals surface area contributed by atoms with Gasteiger partial charge in [-0.3, -0.25) is 14.9 Å². The number of carboxylic acid groups (broad SMARTS) is 1. The maximum absolute atomic E-state index is 13.3. The Kier molecular flexibility index (Phi) is 3.70. The standard InChI is InChI=1S/C12H12FNO6S/c13-9-1-2-10(14(17)18)8(5-9)6-12(11(15)16)3-4-21(19,20)7-12/h1-2,5H,3-4,6-7H2,(H,15,16). The summed E-state index contributed by atoms with van der Waals surface area (Å²) in [5.41, 5.74) is -2.17. The van der Waals surface area contributed by atoms with E-state index in [1.807, 2.05) is 0 Å². The van der Waals surface area contributed by atoms with Gasteiger partial charge in [-0.25, -0.2) is 12.8 Å². The molecule has 0 saturated carbocycles. The van der Waals surface area contributed by atoms with Gasteiger partial charge in [0.2, 0.25) is 0 Å². The Labute approximate surface area is 119 Å². The van der Waals surface area contributed by atoms with Crippen molar-refractivity contribution in [3.63, 3.8) is 0 Å². The van der Waals surface area contributed by atoms with E-state index in [0.29, 0.717) is 0 Å². The number of sulfone groups is 1. The number of rotatable bonds is 4. The van der Waals surface area contributed by atoms with Crippen molar-refractivity contribution in [1.29, 1.82) is 0 Å². The first kappa shape index (κ1) is 15.4. The molecular weight excluding hydrogens is 305 g/mol. The summed E-state index contributed by atoms with van der Waals surface area (Å²) in [5, 5.41) is 20.3. The summed E-state index contributed by atoms with van der Waals surface area (Å²) < 4.78 is 36.4. The van der Waals surface area contributed by atoms with Gasteiger partial charge in [0, 0.05) is 11.6 Å². The van der Waals surface area contributed by atoms with Crippen LogP contribution in [0.3, 0.4) is 0 Å². The molecule has 0 radical (unpaired) electrons. The summed E-state index contributed by atoms with van der Waals surface area (Å²) in [6.07, 6.45) is -0.534. The van der Waals surface area contributed by atoms with Gasteiger partial charge in [-0.2, -0.15) is 0 Å². The van der Waals surface area contributed by atoms with Crippen molar-refractivity contribution in [3.05, 3.63) is 39.7 Å². The molecule has 1 aliphatic rings. The number of halogens is 1. The van der Waals surface area contributed by atoms with Crippen LogP contribution in [0.2, 0.25) is 0 Å². The molecule has 2 rings (SSSR count). The average Bonchev–Trinajstić information content (AvgIpc) is 2.66. The summed E-state index contributed by atoms with van der Waals surface area (Å²) in [6, 6.07) is 2.73. The Balaban J connectivity index is 2.46. The van der Waals surface area contributed by atoms with Crippen LogP contribution in [0.5, 0.6) is 0 Å². The number of carbonyl (C=O) groups is 1. The zero-order valence-electron chi connectivity index (χ0n) is 10.8. The lowest BCUT2D eigenvalue weighted by Crippen LogP contribution is -2.34. The first-order valence-corrected chi connectivity index (χ1v) is 7.84. The van der Waals surface area contributed by atoms with E-state index in [1.54, 1.807) is 0 Å². The van der Waals surface area contributed by atoms with Crippen LogP contribution in [0.15, 0.2) is 18.2 Å². The van der Waals surface area contributed by atoms with E-state index in [4.69, 9.17) is 0 Å². The number of nitro benzene ring substituents is 1. The number of nitro groups is 1. The number of nitrogens with zero attached hydrogens (tertiary/aromatic N) is 1. The van der Waals surface area contributed by atoms with Crippen molar-refractivity contribution in [1.82, 2.24) is 0 Å². The first-order chi connectivity index (χ1) is 9.65. The molecular formula is C12H12FNO6S. The minimum Gasteiger partial charge on any atom is -0.481 e. The number of aliphatic carboxylic acids is 1. The van der Waals surface area contributed by atoms with Gasteiger partial charge < -0.3 is 5.11 Å². The van der Waals surface area contributed by atoms with E-state index >= 15 is 0 Å². The third-order valence-corrected chi connectivity index (χ3v) is 5.43. The molecule has 0 aliphatic carbocycles. The quantitative estimate of drug-likeness (QED) is 0.658. The Bertz CT molecular complexity index is 716. The molecule has 1 unspecified atom stereocenters. The number of hydrogen-bond acceptors (Lipinski definition) is 5. The fourth-order valence-electron chi connectivity index (χ4n) is 2.54. The Hall–Kier alpha value is -2.03. The summed E-state index contributed by atoms with van der Waals surface area (Å²) >= 11 is 0. The van der Waals surface area contributed by atoms with E-state index < -0.39 is 49.8 Å². The largest absolute Gasteiger partial charge is 0.481 e. The van der Waals surface area contributed by atoms with Crippen molar-refractivity contribution < 1.29 is 27.6 Å². The fraction of sp³-hybridized carbons (Fsp3) is 0.417. The second kappa shape index (κ2) is 5.06. The average molecular weight is 317 g/mol. The lowest BCUT2D eigenvalue weighted by molar-refractivity contribution is -0.385. The summed E-state index contributed by atoms with van der Waals surface area (Å²) in [7, 11) is -3.51. The minimum atomic E-state index is -3.51. The van der Waals surface area contributed by atoms with Crippen molar-refractivity contribution in [2.45, 2.75) is 12.8 Å². The zero-order chi connectivity index (χ0) is 15.8. The SMILES string of the molecule is O=C(O)C1(Cc2cc(F)ccc2[N+](=O)[O-])CCS(=O)(=O)C1. The third-order valence-electron chi connectivity index (χ3n) is 3.61. The van der Waals surface area contributed by atoms with Crippen LogP contribution in [0.25, 0.3) is 0 Å². The van der Waals surface area contributed by atoms with Crippen LogP contribution in [-0.4, -0.2) is 35.9 Å². The minimum absolute atomic E-state index is 0.112. The van der Waals surface area contributed by atoms with E-state index in [0.717, 1.165) is 18.2 Å². The number of hydrogen-bond donors (Lipinski definition) is 1. The summed E-state index contributed by atoms with van der Waals surface area (Å²) in [6.45, 7) is 0. The van der Waals surface area contributed by atoms with Crippen molar-refractivity contribution >= 4 is 21.5 Å². The highest BCUT2D eigenvalue weighted by atomic mass is 32.2. The predicted molar refractivity (Wildman–Crippen MR) is 70.1 cm³/mol. The molecule has 0 amide bonds. The fourth-order valence-corrected chi connectivity index (χ4v) is 4.60. The van der Waals surface area contributed by atoms with Crippen LogP contribution in [0.1, 0.15) is 12.0 Å². The zero-order valence-corrected chi connectivity index (χ0v) is 11.6. The van der Waals surface area contributed by atoms with Crippen LogP contribution >= 0.6 is 0 Å². The molecule has 21 heavy (non-hydrogen) atoms. The molecule has 9 heteroatoms. The monoisotopic (exact) mass is 317 g/mol. The second-order valence-electron chi connectivity index (χ2n) is 5.13. The second-order valence-corrected chi connectivity index (χ2v) is 7.32. The molecule has 1 aromatic rings. The van der Waals surface area contributed by atoms with E-state index in [1.165, 1.54) is 0 Å². The van der Waals surface area contributed by atoms with Gasteiger partial charge in [0.15, 0.2) is 9.84 Å². The van der Waals surface area contributed by atoms with Gasteiger partial charge in [-0.15, -0.1) is 0 Å². The van der Waals surface area contributed by atoms with E-state index in [2.05, 4.69) is 0 Å². The Morgan fingerprint density at radius 2 is 2.14 bits per heavy atom. The Morgan fingerprint density at radius 3 is 2.62 bits per heavy atom. The van der Waals surface area contributed by atoms with Gasteiger partial charge in [-0.05, 0) is 25.0 Å². The maximum atomic E-state index is 13.3.